The molecule has 0 fully saturated rings. The van der Waals surface area contributed by atoms with E-state index in [0.29, 0.717) is 16.7 Å². The summed E-state index contributed by atoms with van der Waals surface area (Å²) in [4.78, 5) is 22.3. The number of hydrogen-bond donors (Lipinski definition) is 2. The van der Waals surface area contributed by atoms with Crippen LogP contribution in [0, 0.1) is 12.7 Å². The van der Waals surface area contributed by atoms with Crippen LogP contribution in [0.5, 0.6) is 0 Å². The van der Waals surface area contributed by atoms with Gasteiger partial charge in [0, 0.05) is 25.1 Å². The average molecular weight is 507 g/mol. The number of carbonyl (C=O) groups excluding carboxylic acids is 1. The number of likely N-dealkylation sites (N-methyl/N-ethyl adjacent to an activating group) is 1. The van der Waals surface area contributed by atoms with Gasteiger partial charge < -0.3 is 20.1 Å². The molecule has 2 heterocycles. The van der Waals surface area contributed by atoms with Gasteiger partial charge >= 0.3 is 11.8 Å². The molecule has 1 unspecified atom stereocenters. The lowest BCUT2D eigenvalue weighted by molar-refractivity contribution is -0.170. The van der Waals surface area contributed by atoms with Gasteiger partial charge in [-0.05, 0) is 45.9 Å². The first kappa shape index (κ1) is 25.8. The predicted octanol–water partition coefficient (Wildman–Crippen LogP) is 4.86. The van der Waals surface area contributed by atoms with Crippen LogP contribution in [0.2, 0.25) is 0 Å². The molecule has 192 valence electrons. The fourth-order valence-corrected chi connectivity index (χ4v) is 4.30. The largest absolute Gasteiger partial charge is 0.384 e. The van der Waals surface area contributed by atoms with Crippen molar-refractivity contribution in [1.82, 2.24) is 9.97 Å². The van der Waals surface area contributed by atoms with Crippen molar-refractivity contribution in [2.45, 2.75) is 51.1 Å². The molecule has 4 rings (SSSR count). The third-order valence-corrected chi connectivity index (χ3v) is 6.45. The number of anilines is 2. The second-order valence-corrected chi connectivity index (χ2v) is 9.38. The number of halogens is 4. The van der Waals surface area contributed by atoms with E-state index in [2.05, 4.69) is 15.3 Å². The number of nitrogens with zero attached hydrogens (tertiary/aromatic N) is 3. The molecule has 1 aromatic heterocycles. The van der Waals surface area contributed by atoms with E-state index in [-0.39, 0.29) is 22.6 Å². The number of ether oxygens (including phenoxy) is 1. The van der Waals surface area contributed by atoms with Gasteiger partial charge in [-0.3, -0.25) is 4.79 Å². The third kappa shape index (κ3) is 3.77. The maximum Gasteiger partial charge on any atom is 0.317 e. The van der Waals surface area contributed by atoms with Gasteiger partial charge in [0.15, 0.2) is 0 Å². The SMILES string of the molecule is COC1(F)C(=O)N(C)c2cc3c(N[C@H](C)c4cccc(C(F)(F)C(C)(C)O)c4F)nc(C)nc3cc21. The van der Waals surface area contributed by atoms with Crippen LogP contribution in [-0.2, 0) is 21.3 Å². The van der Waals surface area contributed by atoms with Gasteiger partial charge in [0.05, 0.1) is 28.4 Å². The highest BCUT2D eigenvalue weighted by molar-refractivity contribution is 6.08. The second-order valence-electron chi connectivity index (χ2n) is 9.38. The van der Waals surface area contributed by atoms with Crippen LogP contribution < -0.4 is 10.2 Å². The molecule has 0 bridgehead atoms. The molecule has 2 aromatic carbocycles. The number of hydrogen-bond acceptors (Lipinski definition) is 6. The topological polar surface area (TPSA) is 87.6 Å². The van der Waals surface area contributed by atoms with Gasteiger partial charge in [-0.15, -0.1) is 0 Å². The number of methoxy groups -OCH3 is 1. The van der Waals surface area contributed by atoms with Crippen molar-refractivity contribution in [3.05, 3.63) is 58.7 Å². The van der Waals surface area contributed by atoms with Gasteiger partial charge in [-0.2, -0.15) is 13.2 Å². The summed E-state index contributed by atoms with van der Waals surface area (Å²) < 4.78 is 64.9. The Morgan fingerprint density at radius 2 is 1.89 bits per heavy atom. The Kier molecular flexibility index (Phi) is 6.00. The minimum Gasteiger partial charge on any atom is -0.384 e. The first-order valence-corrected chi connectivity index (χ1v) is 11.1. The van der Waals surface area contributed by atoms with E-state index >= 15 is 8.78 Å². The van der Waals surface area contributed by atoms with Crippen molar-refractivity contribution in [3.63, 3.8) is 0 Å². The number of alkyl halides is 3. The van der Waals surface area contributed by atoms with Crippen molar-refractivity contribution >= 4 is 28.3 Å². The van der Waals surface area contributed by atoms with E-state index in [9.17, 15) is 18.7 Å². The third-order valence-electron chi connectivity index (χ3n) is 6.45. The molecule has 0 aliphatic carbocycles. The quantitative estimate of drug-likeness (QED) is 0.465. The standard InChI is InChI=1S/C25H26F4N4O3/c1-12(14-8-7-9-16(20(14)26)25(28,29)23(3,4)35)30-21-15-10-19-17(11-18(15)31-13(2)32-21)24(27,36-6)22(34)33(19)5/h7-12,35H,1-6H3,(H,30,31,32)/t12-,24?/m1/s1. The van der Waals surface area contributed by atoms with Gasteiger partial charge in [-0.1, -0.05) is 12.1 Å². The molecule has 0 radical (unpaired) electrons. The first-order chi connectivity index (χ1) is 16.6. The zero-order valence-corrected chi connectivity index (χ0v) is 20.6. The minimum absolute atomic E-state index is 0.00491. The lowest BCUT2D eigenvalue weighted by Crippen LogP contribution is -2.41. The van der Waals surface area contributed by atoms with Gasteiger partial charge in [-0.25, -0.2) is 14.4 Å². The zero-order valence-electron chi connectivity index (χ0n) is 20.6. The Labute approximate surface area is 205 Å². The summed E-state index contributed by atoms with van der Waals surface area (Å²) in [5, 5.41) is 13.3. The maximum atomic E-state index is 15.3. The Balaban J connectivity index is 1.80. The van der Waals surface area contributed by atoms with Crippen LogP contribution in [0.3, 0.4) is 0 Å². The Hall–Kier alpha value is -3.31. The number of benzene rings is 2. The molecule has 36 heavy (non-hydrogen) atoms. The molecular weight excluding hydrogens is 480 g/mol. The lowest BCUT2D eigenvalue weighted by atomic mass is 9.91. The van der Waals surface area contributed by atoms with Crippen LogP contribution in [0.15, 0.2) is 30.3 Å². The second kappa shape index (κ2) is 8.38. The molecule has 2 N–H and O–H groups in total. The van der Waals surface area contributed by atoms with E-state index in [0.717, 1.165) is 31.9 Å². The molecule has 1 aliphatic rings. The molecule has 0 spiro atoms. The van der Waals surface area contributed by atoms with Crippen molar-refractivity contribution in [2.75, 3.05) is 24.4 Å². The number of aliphatic hydroxyl groups is 1. The number of aromatic nitrogens is 2. The highest BCUT2D eigenvalue weighted by atomic mass is 19.3. The minimum atomic E-state index is -3.84. The van der Waals surface area contributed by atoms with E-state index < -0.39 is 40.7 Å². The molecule has 11 heteroatoms. The average Bonchev–Trinajstić information content (AvgIpc) is 2.98. The number of fused-ring (bicyclic) bond motifs is 2. The lowest BCUT2D eigenvalue weighted by Gasteiger charge is -2.30. The summed E-state index contributed by atoms with van der Waals surface area (Å²) in [7, 11) is 2.50. The zero-order chi connectivity index (χ0) is 26.8. The fourth-order valence-electron chi connectivity index (χ4n) is 4.30. The van der Waals surface area contributed by atoms with Crippen molar-refractivity contribution in [2.24, 2.45) is 0 Å². The van der Waals surface area contributed by atoms with E-state index in [1.807, 2.05) is 0 Å². The molecule has 0 saturated heterocycles. The van der Waals surface area contributed by atoms with Crippen molar-refractivity contribution < 1.29 is 32.2 Å². The summed E-state index contributed by atoms with van der Waals surface area (Å²) in [5.74, 6) is -8.01. The number of carbonyl (C=O) groups is 1. The summed E-state index contributed by atoms with van der Waals surface area (Å²) in [6.45, 7) is 4.98. The number of rotatable bonds is 6. The highest BCUT2D eigenvalue weighted by Gasteiger charge is 2.52. The molecule has 1 aliphatic heterocycles. The molecular formula is C25H26F4N4O3. The maximum absolute atomic E-state index is 15.3. The molecule has 7 nitrogen and oxygen atoms in total. The Morgan fingerprint density at radius 1 is 1.22 bits per heavy atom. The van der Waals surface area contributed by atoms with Crippen molar-refractivity contribution in [3.8, 4) is 0 Å². The van der Waals surface area contributed by atoms with Gasteiger partial charge in [0.25, 0.3) is 5.91 Å². The Morgan fingerprint density at radius 3 is 2.50 bits per heavy atom. The van der Waals surface area contributed by atoms with E-state index in [4.69, 9.17) is 4.74 Å². The summed E-state index contributed by atoms with van der Waals surface area (Å²) in [6.07, 6.45) is 0. The van der Waals surface area contributed by atoms with E-state index in [1.165, 1.54) is 31.3 Å². The number of nitrogens with one attached hydrogen (secondary N) is 1. The summed E-state index contributed by atoms with van der Waals surface area (Å²) >= 11 is 0. The van der Waals surface area contributed by atoms with E-state index in [1.54, 1.807) is 13.8 Å². The van der Waals surface area contributed by atoms with Gasteiger partial charge in [0.2, 0.25) is 0 Å². The Bertz CT molecular complexity index is 1380. The summed E-state index contributed by atoms with van der Waals surface area (Å²) in [5.41, 5.74) is -2.94. The van der Waals surface area contributed by atoms with Crippen LogP contribution >= 0.6 is 0 Å². The molecule has 1 amide bonds. The first-order valence-electron chi connectivity index (χ1n) is 11.1. The smallest absolute Gasteiger partial charge is 0.317 e. The molecule has 2 atom stereocenters. The predicted molar refractivity (Wildman–Crippen MR) is 126 cm³/mol. The number of aryl methyl sites for hydroxylation is 1. The normalized spacial score (nSPS) is 19.1. The molecule has 3 aromatic rings. The van der Waals surface area contributed by atoms with Crippen LogP contribution in [0.1, 0.15) is 49.3 Å². The highest BCUT2D eigenvalue weighted by Crippen LogP contribution is 2.46. The number of amides is 1. The fraction of sp³-hybridized carbons (Fsp3) is 0.400. The summed E-state index contributed by atoms with van der Waals surface area (Å²) in [6, 6.07) is 5.65. The van der Waals surface area contributed by atoms with Crippen LogP contribution in [0.25, 0.3) is 10.9 Å². The van der Waals surface area contributed by atoms with Gasteiger partial charge in [0.1, 0.15) is 23.1 Å². The monoisotopic (exact) mass is 506 g/mol. The van der Waals surface area contributed by atoms with Crippen LogP contribution in [-0.4, -0.2) is 40.7 Å². The van der Waals surface area contributed by atoms with Crippen LogP contribution in [0.4, 0.5) is 29.1 Å². The molecule has 0 saturated carbocycles. The van der Waals surface area contributed by atoms with Crippen molar-refractivity contribution in [1.29, 1.82) is 0 Å².